The van der Waals surface area contributed by atoms with Gasteiger partial charge in [0.05, 0.1) is 0 Å². The van der Waals surface area contributed by atoms with Crippen LogP contribution in [0.3, 0.4) is 0 Å². The topological polar surface area (TPSA) is 91.4 Å². The van der Waals surface area contributed by atoms with E-state index in [1.807, 2.05) is 60.7 Å². The molecule has 0 spiro atoms. The number of nitrogens with one attached hydrogen (secondary N) is 2. The molecule has 1 atom stereocenters. The number of amides is 1. The lowest BCUT2D eigenvalue weighted by Gasteiger charge is -2.17. The molecule has 1 amide bonds. The second-order valence-corrected chi connectivity index (χ2v) is 7.92. The molecular formula is C26H22N2O4. The quantitative estimate of drug-likeness (QED) is 0.300. The number of carboxylic acid groups (broad SMARTS) is 1. The molecule has 0 saturated heterocycles. The number of para-hydroxylation sites is 1. The van der Waals surface area contributed by atoms with Crippen molar-refractivity contribution in [3.63, 3.8) is 0 Å². The highest BCUT2D eigenvalue weighted by atomic mass is 16.6. The van der Waals surface area contributed by atoms with E-state index in [2.05, 4.69) is 22.4 Å². The standard InChI is InChI=1S/C26H22N2O4/c29-25(30)24(13-16-14-27-23-12-6-5-7-17(16)23)28-26(31)32-15-22-20-10-3-1-8-18(20)19-9-2-4-11-21(19)22/h1-12,14,22,24,27H,13,15H2,(H,28,31)(H,29,30)/t24-/m0/s1/i5+1,6+1,7+1,12+1,13+1,14+1,16+1,17+1,23+1,24+1,25+1,27+1,28+1. The number of aromatic nitrogens is 1. The molecule has 32 heavy (non-hydrogen) atoms. The van der Waals surface area contributed by atoms with Crippen molar-refractivity contribution in [2.45, 2.75) is 18.4 Å². The first-order valence-corrected chi connectivity index (χ1v) is 10.5. The summed E-state index contributed by atoms with van der Waals surface area (Å²) in [5.74, 6) is -1.19. The van der Waals surface area contributed by atoms with Gasteiger partial charge in [0.15, 0.2) is 0 Å². The molecule has 3 aromatic carbocycles. The number of fused-ring (bicyclic) bond motifs is 4. The van der Waals surface area contributed by atoms with Crippen molar-refractivity contribution in [3.8, 4) is 11.1 Å². The molecule has 1 heterocycles. The minimum atomic E-state index is -1.11. The van der Waals surface area contributed by atoms with Gasteiger partial charge < -0.3 is 20.1 Å². The fourth-order valence-electron chi connectivity index (χ4n) is 4.50. The second kappa shape index (κ2) is 8.23. The highest BCUT2D eigenvalue weighted by Gasteiger charge is 2.30. The van der Waals surface area contributed by atoms with Gasteiger partial charge in [0.1, 0.15) is 12.6 Å². The van der Waals surface area contributed by atoms with Gasteiger partial charge in [-0.05, 0) is 33.9 Å². The Labute approximate surface area is 184 Å². The van der Waals surface area contributed by atoms with Gasteiger partial charge in [0, 0.05) is 29.4 Å². The van der Waals surface area contributed by atoms with Crippen LogP contribution < -0.4 is 5.32 Å². The summed E-state index contributed by atoms with van der Waals surface area (Å²) in [6, 6.07) is 22.7. The van der Waals surface area contributed by atoms with Crippen molar-refractivity contribution >= 4 is 23.0 Å². The van der Waals surface area contributed by atoms with Crippen LogP contribution in [0.5, 0.6) is 0 Å². The summed E-state index contributed by atoms with van der Waals surface area (Å²) in [6.07, 6.45) is 1.20. The number of carbonyl (C=O) groups excluding carboxylic acids is 1. The molecule has 0 saturated carbocycles. The fourth-order valence-corrected chi connectivity index (χ4v) is 4.50. The first kappa shape index (κ1) is 19.9. The van der Waals surface area contributed by atoms with E-state index in [1.54, 1.807) is 6.20 Å². The number of carbonyl (C=O) groups is 2. The molecule has 4 aromatic rings. The molecule has 6 heteroatoms. The summed E-state index contributed by atoms with van der Waals surface area (Å²) < 4.78 is 5.51. The highest BCUT2D eigenvalue weighted by Crippen LogP contribution is 2.44. The van der Waals surface area contributed by atoms with Crippen molar-refractivity contribution < 1.29 is 19.4 Å². The van der Waals surface area contributed by atoms with Crippen LogP contribution in [0.25, 0.3) is 22.0 Å². The molecule has 0 radical (unpaired) electrons. The third kappa shape index (κ3) is 3.60. The molecule has 0 bridgehead atoms. The molecular weight excluding hydrogens is 417 g/mol. The van der Waals surface area contributed by atoms with Gasteiger partial charge >= 0.3 is 12.1 Å². The summed E-state index contributed by atoms with van der Waals surface area (Å²) in [4.78, 5) is 27.5. The largest absolute Gasteiger partial charge is 0.480 e. The zero-order valence-electron chi connectivity index (χ0n) is 17.2. The number of ether oxygens (including phenoxy) is 1. The number of alkyl carbamates (subject to hydrolysis) is 1. The van der Waals surface area contributed by atoms with Crippen LogP contribution in [0, 0.1) is 0 Å². The summed E-state index contributed by atoms with van der Waals surface area (Å²) in [5.41, 5.74) is 6.24. The van der Waals surface area contributed by atoms with E-state index < -0.39 is 18.1 Å². The third-order valence-corrected chi connectivity index (χ3v) is 6.03. The van der Waals surface area contributed by atoms with Crippen molar-refractivity contribution in [2.75, 3.05) is 6.61 Å². The summed E-state index contributed by atoms with van der Waals surface area (Å²) >= 11 is 0. The number of hydrogen-bond acceptors (Lipinski definition) is 3. The summed E-state index contributed by atoms with van der Waals surface area (Å²) in [7, 11) is 0. The van der Waals surface area contributed by atoms with Crippen LogP contribution >= 0.6 is 0 Å². The number of aromatic amines is 1. The van der Waals surface area contributed by atoms with E-state index >= 15 is 0 Å². The molecule has 1 aliphatic rings. The Morgan fingerprint density at radius 1 is 0.938 bits per heavy atom. The van der Waals surface area contributed by atoms with Gasteiger partial charge in [0.25, 0.3) is 0 Å². The van der Waals surface area contributed by atoms with Crippen molar-refractivity contribution in [2.24, 2.45) is 0 Å². The smallest absolute Gasteiger partial charge is 0.407 e. The Bertz CT molecular complexity index is 1260. The molecule has 1 aliphatic carbocycles. The molecule has 5 rings (SSSR count). The Morgan fingerprint density at radius 3 is 2.25 bits per heavy atom. The van der Waals surface area contributed by atoms with E-state index in [0.717, 1.165) is 38.7 Å². The first-order valence-electron chi connectivity index (χ1n) is 10.5. The second-order valence-electron chi connectivity index (χ2n) is 7.92. The van der Waals surface area contributed by atoms with Crippen LogP contribution in [0.15, 0.2) is 79.0 Å². The predicted molar refractivity (Wildman–Crippen MR) is 122 cm³/mol. The highest BCUT2D eigenvalue weighted by molar-refractivity contribution is 5.85. The lowest BCUT2D eigenvalue weighted by molar-refractivity contribution is -0.139. The Hall–Kier alpha value is -4.06. The van der Waals surface area contributed by atoms with E-state index in [4.69, 9.17) is 4.74 Å². The normalized spacial score (nSPS) is 13.4. The average Bonchev–Trinajstić information content (AvgIpc) is 3.36. The number of carboxylic acids is 1. The summed E-state index contributed by atoms with van der Waals surface area (Å²) in [6.45, 7) is 0.138. The molecule has 0 aliphatic heterocycles. The van der Waals surface area contributed by atoms with Crippen LogP contribution in [-0.4, -0.2) is 34.8 Å². The predicted octanol–water partition coefficient (Wildman–Crippen LogP) is 4.70. The average molecular weight is 439 g/mol. The van der Waals surface area contributed by atoms with Crippen LogP contribution in [0.2, 0.25) is 0 Å². The lowest BCUT2D eigenvalue weighted by Crippen LogP contribution is -2.42. The maximum absolute atomic E-state index is 12.5. The molecule has 6 nitrogen and oxygen atoms in total. The van der Waals surface area contributed by atoms with E-state index in [-0.39, 0.29) is 18.9 Å². The maximum atomic E-state index is 12.5. The van der Waals surface area contributed by atoms with Crippen molar-refractivity contribution in [1.82, 2.24) is 10.3 Å². The van der Waals surface area contributed by atoms with Gasteiger partial charge in [-0.2, -0.15) is 0 Å². The Morgan fingerprint density at radius 2 is 1.56 bits per heavy atom. The van der Waals surface area contributed by atoms with Crippen LogP contribution in [-0.2, 0) is 16.0 Å². The first-order chi connectivity index (χ1) is 15.6. The number of hydrogen-bond donors (Lipinski definition) is 3. The summed E-state index contributed by atoms with van der Waals surface area (Å²) in [5, 5.41) is 13.1. The third-order valence-electron chi connectivity index (χ3n) is 6.03. The van der Waals surface area contributed by atoms with Gasteiger partial charge in [-0.25, -0.2) is 9.59 Å². The lowest BCUT2D eigenvalue weighted by atomic mass is 9.98. The minimum Gasteiger partial charge on any atom is -0.480 e. The van der Waals surface area contributed by atoms with Gasteiger partial charge in [-0.1, -0.05) is 66.7 Å². The van der Waals surface area contributed by atoms with Gasteiger partial charge in [-0.3, -0.25) is 0 Å². The van der Waals surface area contributed by atoms with Gasteiger partial charge in [-0.15, -0.1) is 0 Å². The number of benzene rings is 3. The zero-order valence-corrected chi connectivity index (χ0v) is 17.2. The number of aliphatic carboxylic acids is 1. The molecule has 160 valence electrons. The zero-order chi connectivity index (χ0) is 22.1. The van der Waals surface area contributed by atoms with Crippen molar-refractivity contribution in [3.05, 3.63) is 95.7 Å². The van der Waals surface area contributed by atoms with Crippen molar-refractivity contribution in [1.29, 1.82) is 0 Å². The van der Waals surface area contributed by atoms with E-state index in [1.165, 1.54) is 0 Å². The SMILES string of the molecule is O=C([15NH][13C@@H]([13CH2][13c]1[13cH][15nH][13c]2[13cH][13cH][13cH][13cH][13c]12)[13C](=O)O)OCC1c2ccccc2-c2ccccc21. The number of H-pyrrole nitrogens is 1. The van der Waals surface area contributed by atoms with E-state index in [9.17, 15) is 14.7 Å². The van der Waals surface area contributed by atoms with Gasteiger partial charge in [0.2, 0.25) is 0 Å². The molecule has 3 N–H and O–H groups in total. The monoisotopic (exact) mass is 439 g/mol. The Kier molecular flexibility index (Phi) is 5.11. The van der Waals surface area contributed by atoms with E-state index in [0.29, 0.717) is 0 Å². The Balaban J connectivity index is 1.28. The minimum absolute atomic E-state index is 0.0787. The molecule has 0 fully saturated rings. The van der Waals surface area contributed by atoms with Crippen LogP contribution in [0.4, 0.5) is 4.79 Å². The van der Waals surface area contributed by atoms with Crippen LogP contribution in [0.1, 0.15) is 22.6 Å². The molecule has 0 unspecified atom stereocenters. The fraction of sp³-hybridized carbons (Fsp3) is 0.154. The molecule has 1 aromatic heterocycles. The number of rotatable bonds is 6. The maximum Gasteiger partial charge on any atom is 0.407 e.